The summed E-state index contributed by atoms with van der Waals surface area (Å²) < 4.78 is 11.6. The molecule has 0 saturated carbocycles. The maximum absolute atomic E-state index is 13.0. The van der Waals surface area contributed by atoms with Crippen LogP contribution in [0.25, 0.3) is 0 Å². The highest BCUT2D eigenvalue weighted by Gasteiger charge is 2.28. The molecule has 0 aromatic heterocycles. The van der Waals surface area contributed by atoms with E-state index in [-0.39, 0.29) is 11.8 Å². The Balaban J connectivity index is 1.64. The fourth-order valence-electron chi connectivity index (χ4n) is 3.94. The van der Waals surface area contributed by atoms with Crippen molar-refractivity contribution in [2.24, 2.45) is 5.92 Å². The SMILES string of the molecule is CCCCN1CC[C@@H](CNC(=O)c2cc(NCC)cc3c2OCCCO3)[C@H](O)C1. The highest BCUT2D eigenvalue weighted by Crippen LogP contribution is 2.36. The number of β-amino-alcohol motifs (C(OH)–C–C–N with tert-alkyl or cyclic N) is 1. The summed E-state index contributed by atoms with van der Waals surface area (Å²) in [5.41, 5.74) is 1.32. The number of unbranched alkanes of at least 4 members (excludes halogenated alkanes) is 1. The average molecular weight is 406 g/mol. The lowest BCUT2D eigenvalue weighted by Crippen LogP contribution is -2.47. The van der Waals surface area contributed by atoms with Crippen molar-refractivity contribution in [2.45, 2.75) is 45.6 Å². The van der Waals surface area contributed by atoms with Crippen LogP contribution < -0.4 is 20.1 Å². The average Bonchev–Trinajstić information content (AvgIpc) is 2.96. The van der Waals surface area contributed by atoms with E-state index < -0.39 is 6.10 Å². The minimum absolute atomic E-state index is 0.0737. The lowest BCUT2D eigenvalue weighted by atomic mass is 9.93. The largest absolute Gasteiger partial charge is 0.489 e. The normalized spacial score (nSPS) is 22.0. The number of fused-ring (bicyclic) bond motifs is 1. The molecule has 1 saturated heterocycles. The third kappa shape index (κ3) is 5.76. The fraction of sp³-hybridized carbons (Fsp3) is 0.682. The molecule has 1 amide bonds. The van der Waals surface area contributed by atoms with Gasteiger partial charge in [-0.1, -0.05) is 13.3 Å². The first-order chi connectivity index (χ1) is 14.1. The monoisotopic (exact) mass is 405 g/mol. The van der Waals surface area contributed by atoms with E-state index in [2.05, 4.69) is 22.5 Å². The van der Waals surface area contributed by atoms with Gasteiger partial charge in [0, 0.05) is 43.7 Å². The number of rotatable bonds is 8. The Bertz CT molecular complexity index is 682. The summed E-state index contributed by atoms with van der Waals surface area (Å²) in [5, 5.41) is 16.8. The zero-order valence-corrected chi connectivity index (χ0v) is 17.7. The predicted octanol–water partition coefficient (Wildman–Crippen LogP) is 2.49. The van der Waals surface area contributed by atoms with E-state index in [1.165, 1.54) is 0 Å². The van der Waals surface area contributed by atoms with Gasteiger partial charge >= 0.3 is 0 Å². The quantitative estimate of drug-likeness (QED) is 0.616. The summed E-state index contributed by atoms with van der Waals surface area (Å²) in [6, 6.07) is 3.70. The van der Waals surface area contributed by atoms with E-state index in [9.17, 15) is 9.90 Å². The van der Waals surface area contributed by atoms with E-state index in [0.717, 1.165) is 51.0 Å². The smallest absolute Gasteiger partial charge is 0.255 e. The number of piperidine rings is 1. The zero-order valence-electron chi connectivity index (χ0n) is 17.7. The van der Waals surface area contributed by atoms with Crippen LogP contribution >= 0.6 is 0 Å². The molecule has 3 N–H and O–H groups in total. The number of amides is 1. The maximum atomic E-state index is 13.0. The Morgan fingerprint density at radius 1 is 1.28 bits per heavy atom. The van der Waals surface area contributed by atoms with Gasteiger partial charge in [-0.15, -0.1) is 0 Å². The molecule has 0 spiro atoms. The molecular formula is C22H35N3O4. The van der Waals surface area contributed by atoms with Crippen LogP contribution in [0.2, 0.25) is 0 Å². The highest BCUT2D eigenvalue weighted by atomic mass is 16.5. The molecule has 7 nitrogen and oxygen atoms in total. The van der Waals surface area contributed by atoms with Gasteiger partial charge in [-0.05, 0) is 38.9 Å². The molecular weight excluding hydrogens is 370 g/mol. The molecule has 2 aliphatic heterocycles. The van der Waals surface area contributed by atoms with Crippen LogP contribution in [0.15, 0.2) is 12.1 Å². The van der Waals surface area contributed by atoms with Gasteiger partial charge in [-0.3, -0.25) is 4.79 Å². The molecule has 1 aromatic rings. The first kappa shape index (κ1) is 21.7. The number of carbonyl (C=O) groups is 1. The number of anilines is 1. The highest BCUT2D eigenvalue weighted by molar-refractivity contribution is 5.99. The molecule has 0 unspecified atom stereocenters. The van der Waals surface area contributed by atoms with Crippen molar-refractivity contribution in [3.8, 4) is 11.5 Å². The van der Waals surface area contributed by atoms with Gasteiger partial charge in [0.25, 0.3) is 5.91 Å². The Morgan fingerprint density at radius 3 is 2.86 bits per heavy atom. The Morgan fingerprint density at radius 2 is 2.10 bits per heavy atom. The van der Waals surface area contributed by atoms with Gasteiger partial charge in [0.15, 0.2) is 11.5 Å². The number of nitrogens with one attached hydrogen (secondary N) is 2. The van der Waals surface area contributed by atoms with Gasteiger partial charge in [-0.25, -0.2) is 0 Å². The number of ether oxygens (including phenoxy) is 2. The van der Waals surface area contributed by atoms with Gasteiger partial charge < -0.3 is 30.1 Å². The van der Waals surface area contributed by atoms with E-state index >= 15 is 0 Å². The summed E-state index contributed by atoms with van der Waals surface area (Å²) in [5.74, 6) is 1.00. The molecule has 2 atom stereocenters. The molecule has 162 valence electrons. The van der Waals surface area contributed by atoms with Crippen LogP contribution in [-0.2, 0) is 0 Å². The minimum atomic E-state index is -0.411. The Hall–Kier alpha value is -1.99. The van der Waals surface area contributed by atoms with Crippen LogP contribution in [0.1, 0.15) is 49.9 Å². The third-order valence-electron chi connectivity index (χ3n) is 5.63. The molecule has 0 bridgehead atoms. The van der Waals surface area contributed by atoms with Gasteiger partial charge in [0.1, 0.15) is 0 Å². The molecule has 29 heavy (non-hydrogen) atoms. The first-order valence-corrected chi connectivity index (χ1v) is 11.0. The van der Waals surface area contributed by atoms with Crippen molar-refractivity contribution >= 4 is 11.6 Å². The minimum Gasteiger partial charge on any atom is -0.489 e. The van der Waals surface area contributed by atoms with Crippen LogP contribution in [0, 0.1) is 5.92 Å². The van der Waals surface area contributed by atoms with Gasteiger partial charge in [0.2, 0.25) is 0 Å². The van der Waals surface area contributed by atoms with Crippen molar-refractivity contribution in [3.05, 3.63) is 17.7 Å². The molecule has 0 radical (unpaired) electrons. The zero-order chi connectivity index (χ0) is 20.6. The van der Waals surface area contributed by atoms with Crippen molar-refractivity contribution in [1.29, 1.82) is 0 Å². The second-order valence-corrected chi connectivity index (χ2v) is 7.91. The molecule has 1 fully saturated rings. The number of likely N-dealkylation sites (tertiary alicyclic amines) is 1. The van der Waals surface area contributed by atoms with Crippen LogP contribution in [0.5, 0.6) is 11.5 Å². The number of carbonyl (C=O) groups excluding carboxylic acids is 1. The number of hydrogen-bond acceptors (Lipinski definition) is 6. The number of hydrogen-bond donors (Lipinski definition) is 3. The van der Waals surface area contributed by atoms with E-state index in [0.29, 0.717) is 43.4 Å². The second-order valence-electron chi connectivity index (χ2n) is 7.91. The second kappa shape index (κ2) is 10.7. The molecule has 2 heterocycles. The maximum Gasteiger partial charge on any atom is 0.255 e. The van der Waals surface area contributed by atoms with Gasteiger partial charge in [-0.2, -0.15) is 0 Å². The summed E-state index contributed by atoms with van der Waals surface area (Å²) in [7, 11) is 0. The first-order valence-electron chi connectivity index (χ1n) is 11.0. The van der Waals surface area contributed by atoms with E-state index in [4.69, 9.17) is 9.47 Å². The lowest BCUT2D eigenvalue weighted by molar-refractivity contribution is 0.0217. The van der Waals surface area contributed by atoms with E-state index in [1.807, 2.05) is 19.1 Å². The van der Waals surface area contributed by atoms with Crippen LogP contribution in [-0.4, -0.2) is 68.0 Å². The number of aliphatic hydroxyl groups excluding tert-OH is 1. The standard InChI is InChI=1S/C22H35N3O4/c1-3-5-8-25-9-7-16(19(26)15-25)14-24-22(27)18-12-17(23-4-2)13-20-21(18)29-11-6-10-28-20/h12-13,16,19,23,26H,3-11,14-15H2,1-2H3,(H,24,27)/t16-,19+/m0/s1. The van der Waals surface area contributed by atoms with Gasteiger partial charge in [0.05, 0.1) is 24.9 Å². The summed E-state index contributed by atoms with van der Waals surface area (Å²) in [6.07, 6.45) is 3.58. The Kier molecular flexibility index (Phi) is 8.00. The summed E-state index contributed by atoms with van der Waals surface area (Å²) >= 11 is 0. The third-order valence-corrected chi connectivity index (χ3v) is 5.63. The molecule has 7 heteroatoms. The number of aliphatic hydroxyl groups is 1. The van der Waals surface area contributed by atoms with Crippen molar-refractivity contribution < 1.29 is 19.4 Å². The Labute approximate surface area is 173 Å². The van der Waals surface area contributed by atoms with E-state index in [1.54, 1.807) is 0 Å². The molecule has 2 aliphatic rings. The van der Waals surface area contributed by atoms with Crippen molar-refractivity contribution in [2.75, 3.05) is 51.3 Å². The predicted molar refractivity (Wildman–Crippen MR) is 114 cm³/mol. The topological polar surface area (TPSA) is 83.1 Å². The molecule has 0 aliphatic carbocycles. The van der Waals surface area contributed by atoms with Crippen LogP contribution in [0.4, 0.5) is 5.69 Å². The lowest BCUT2D eigenvalue weighted by Gasteiger charge is -2.36. The fourth-order valence-corrected chi connectivity index (χ4v) is 3.94. The summed E-state index contributed by atoms with van der Waals surface area (Å²) in [4.78, 5) is 15.3. The summed E-state index contributed by atoms with van der Waals surface area (Å²) in [6.45, 7) is 9.20. The number of benzene rings is 1. The number of nitrogens with zero attached hydrogens (tertiary/aromatic N) is 1. The van der Waals surface area contributed by atoms with Crippen molar-refractivity contribution in [3.63, 3.8) is 0 Å². The van der Waals surface area contributed by atoms with Crippen LogP contribution in [0.3, 0.4) is 0 Å². The van der Waals surface area contributed by atoms with Crippen molar-refractivity contribution in [1.82, 2.24) is 10.2 Å². The molecule has 3 rings (SSSR count). The molecule has 1 aromatic carbocycles.